The normalized spacial score (nSPS) is 10.1. The largest absolute Gasteiger partial charge is 0.467 e. The summed E-state index contributed by atoms with van der Waals surface area (Å²) in [7, 11) is 0. The Balaban J connectivity index is 1.68. The number of anilines is 1. The number of benzene rings is 2. The van der Waals surface area contributed by atoms with Crippen molar-refractivity contribution in [3.63, 3.8) is 0 Å². The van der Waals surface area contributed by atoms with E-state index >= 15 is 0 Å². The minimum Gasteiger partial charge on any atom is -0.467 e. The lowest BCUT2D eigenvalue weighted by molar-refractivity contribution is 0.0947. The highest BCUT2D eigenvalue weighted by Crippen LogP contribution is 2.19. The molecule has 0 bridgehead atoms. The van der Waals surface area contributed by atoms with Crippen molar-refractivity contribution in [3.8, 4) is 6.07 Å². The molecule has 0 unspecified atom stereocenters. The van der Waals surface area contributed by atoms with Crippen molar-refractivity contribution < 1.29 is 14.0 Å². The van der Waals surface area contributed by atoms with Crippen LogP contribution in [0, 0.1) is 11.3 Å². The molecule has 2 aromatic carbocycles. The highest BCUT2D eigenvalue weighted by molar-refractivity contribution is 5.95. The topological polar surface area (TPSA) is 95.1 Å². The number of amides is 1. The Morgan fingerprint density at radius 3 is 2.61 bits per heavy atom. The van der Waals surface area contributed by atoms with Gasteiger partial charge in [-0.25, -0.2) is 0 Å². The molecule has 1 heterocycles. The maximum absolute atomic E-state index is 12.3. The zero-order valence-corrected chi connectivity index (χ0v) is 15.4. The molecule has 0 spiro atoms. The maximum Gasteiger partial charge on any atom is 0.251 e. The van der Waals surface area contributed by atoms with Crippen LogP contribution in [0.4, 0.5) is 5.69 Å². The third-order valence-electron chi connectivity index (χ3n) is 4.22. The zero-order chi connectivity index (χ0) is 19.9. The average Bonchev–Trinajstić information content (AvgIpc) is 3.24. The summed E-state index contributed by atoms with van der Waals surface area (Å²) in [5, 5.41) is 15.2. The van der Waals surface area contributed by atoms with E-state index in [1.165, 1.54) is 6.92 Å². The molecule has 0 fully saturated rings. The number of nitrogens with one attached hydrogen (secondary N) is 2. The molecule has 0 aliphatic carbocycles. The van der Waals surface area contributed by atoms with E-state index in [9.17, 15) is 14.9 Å². The summed E-state index contributed by atoms with van der Waals surface area (Å²) in [6, 6.07) is 17.8. The highest BCUT2D eigenvalue weighted by atomic mass is 16.3. The molecule has 0 aliphatic rings. The molecule has 3 aromatic rings. The van der Waals surface area contributed by atoms with Crippen molar-refractivity contribution in [2.45, 2.75) is 20.0 Å². The second-order valence-corrected chi connectivity index (χ2v) is 6.24. The Bertz CT molecular complexity index is 1030. The summed E-state index contributed by atoms with van der Waals surface area (Å²) in [5.41, 5.74) is 2.99. The number of carbonyl (C=O) groups excluding carboxylic acids is 2. The molecule has 0 saturated carbocycles. The van der Waals surface area contributed by atoms with Gasteiger partial charge in [-0.3, -0.25) is 9.59 Å². The number of nitriles is 1. The van der Waals surface area contributed by atoms with E-state index in [0.29, 0.717) is 41.2 Å². The molecule has 6 heteroatoms. The second-order valence-electron chi connectivity index (χ2n) is 6.24. The van der Waals surface area contributed by atoms with Gasteiger partial charge in [0, 0.05) is 17.7 Å². The third kappa shape index (κ3) is 4.65. The molecule has 2 N–H and O–H groups in total. The Morgan fingerprint density at radius 1 is 1.04 bits per heavy atom. The summed E-state index contributed by atoms with van der Waals surface area (Å²) in [4.78, 5) is 23.9. The van der Waals surface area contributed by atoms with E-state index in [1.54, 1.807) is 54.8 Å². The molecule has 0 aliphatic heterocycles. The van der Waals surface area contributed by atoms with Crippen LogP contribution >= 0.6 is 0 Å². The van der Waals surface area contributed by atoms with Crippen molar-refractivity contribution in [3.05, 3.63) is 88.9 Å². The van der Waals surface area contributed by atoms with Crippen LogP contribution in [0.3, 0.4) is 0 Å². The quantitative estimate of drug-likeness (QED) is 0.613. The van der Waals surface area contributed by atoms with Gasteiger partial charge >= 0.3 is 0 Å². The molecule has 0 atom stereocenters. The van der Waals surface area contributed by atoms with Crippen LogP contribution in [-0.2, 0) is 13.1 Å². The van der Waals surface area contributed by atoms with E-state index in [2.05, 4.69) is 16.7 Å². The fraction of sp³-hybridized carbons (Fsp3) is 0.136. The van der Waals surface area contributed by atoms with Crippen LogP contribution in [0.1, 0.15) is 44.5 Å². The van der Waals surface area contributed by atoms with E-state index < -0.39 is 0 Å². The fourth-order valence-electron chi connectivity index (χ4n) is 2.71. The van der Waals surface area contributed by atoms with E-state index in [1.807, 2.05) is 6.07 Å². The first-order valence-electron chi connectivity index (χ1n) is 8.75. The first-order chi connectivity index (χ1) is 13.6. The van der Waals surface area contributed by atoms with Crippen molar-refractivity contribution in [2.75, 3.05) is 5.32 Å². The van der Waals surface area contributed by atoms with E-state index in [-0.39, 0.29) is 11.7 Å². The minimum atomic E-state index is -0.199. The van der Waals surface area contributed by atoms with Crippen LogP contribution < -0.4 is 10.6 Å². The highest BCUT2D eigenvalue weighted by Gasteiger charge is 2.09. The van der Waals surface area contributed by atoms with Crippen molar-refractivity contribution in [2.24, 2.45) is 0 Å². The van der Waals surface area contributed by atoms with Crippen molar-refractivity contribution in [1.29, 1.82) is 5.26 Å². The molecular formula is C22H19N3O3. The summed E-state index contributed by atoms with van der Waals surface area (Å²) in [6.45, 7) is 2.21. The Kier molecular flexibility index (Phi) is 5.87. The molecule has 1 amide bonds. The predicted molar refractivity (Wildman–Crippen MR) is 105 cm³/mol. The summed E-state index contributed by atoms with van der Waals surface area (Å²) in [5.74, 6) is 0.415. The van der Waals surface area contributed by atoms with Gasteiger partial charge in [-0.05, 0) is 55.0 Å². The van der Waals surface area contributed by atoms with Crippen molar-refractivity contribution >= 4 is 17.4 Å². The lowest BCUT2D eigenvalue weighted by Gasteiger charge is -2.11. The van der Waals surface area contributed by atoms with Gasteiger partial charge in [-0.15, -0.1) is 0 Å². The molecule has 3 rings (SSSR count). The minimum absolute atomic E-state index is 0.0669. The van der Waals surface area contributed by atoms with Gasteiger partial charge in [-0.1, -0.05) is 12.1 Å². The van der Waals surface area contributed by atoms with Crippen LogP contribution in [0.5, 0.6) is 0 Å². The molecule has 1 aromatic heterocycles. The number of furan rings is 1. The van der Waals surface area contributed by atoms with Crippen LogP contribution in [-0.4, -0.2) is 11.7 Å². The van der Waals surface area contributed by atoms with Gasteiger partial charge in [0.25, 0.3) is 5.91 Å². The smallest absolute Gasteiger partial charge is 0.251 e. The van der Waals surface area contributed by atoms with E-state index in [4.69, 9.17) is 4.42 Å². The number of carbonyl (C=O) groups is 2. The molecule has 140 valence electrons. The van der Waals surface area contributed by atoms with E-state index in [0.717, 1.165) is 5.56 Å². The van der Waals surface area contributed by atoms with Gasteiger partial charge in [-0.2, -0.15) is 5.26 Å². The fourth-order valence-corrected chi connectivity index (χ4v) is 2.71. The number of ketones is 1. The summed E-state index contributed by atoms with van der Waals surface area (Å²) < 4.78 is 5.20. The first kappa shape index (κ1) is 18.9. The SMILES string of the molecule is CC(=O)c1ccc(C#N)c(NCc2cccc(C(=O)NCc3ccco3)c2)c1. The zero-order valence-electron chi connectivity index (χ0n) is 15.4. The second kappa shape index (κ2) is 8.69. The van der Waals surface area contributed by atoms with Crippen LogP contribution in [0.25, 0.3) is 0 Å². The molecule has 0 saturated heterocycles. The predicted octanol–water partition coefficient (Wildman–Crippen LogP) is 3.90. The average molecular weight is 373 g/mol. The van der Waals surface area contributed by atoms with Gasteiger partial charge in [0.2, 0.25) is 0 Å². The summed E-state index contributed by atoms with van der Waals surface area (Å²) in [6.07, 6.45) is 1.56. The van der Waals surface area contributed by atoms with Crippen LogP contribution in [0.15, 0.2) is 65.3 Å². The maximum atomic E-state index is 12.3. The Hall–Kier alpha value is -3.85. The first-order valence-corrected chi connectivity index (χ1v) is 8.75. The molecule has 0 radical (unpaired) electrons. The van der Waals surface area contributed by atoms with Crippen LogP contribution in [0.2, 0.25) is 0 Å². The van der Waals surface area contributed by atoms with Gasteiger partial charge in [0.1, 0.15) is 11.8 Å². The standard InChI is InChI=1S/C22H19N3O3/c1-15(26)17-7-8-19(12-23)21(11-17)24-13-16-4-2-5-18(10-16)22(27)25-14-20-6-3-9-28-20/h2-11,24H,13-14H2,1H3,(H,25,27). The number of Topliss-reactive ketones (excluding diaryl/α,β-unsaturated/α-hetero) is 1. The van der Waals surface area contributed by atoms with Gasteiger partial charge < -0.3 is 15.1 Å². The van der Waals surface area contributed by atoms with Gasteiger partial charge in [0.15, 0.2) is 5.78 Å². The third-order valence-corrected chi connectivity index (χ3v) is 4.22. The molecule has 28 heavy (non-hydrogen) atoms. The summed E-state index contributed by atoms with van der Waals surface area (Å²) >= 11 is 0. The molecular weight excluding hydrogens is 354 g/mol. The van der Waals surface area contributed by atoms with Gasteiger partial charge in [0.05, 0.1) is 24.1 Å². The number of hydrogen-bond donors (Lipinski definition) is 2. The Morgan fingerprint density at radius 2 is 1.89 bits per heavy atom. The monoisotopic (exact) mass is 373 g/mol. The number of nitrogens with zero attached hydrogens (tertiary/aromatic N) is 1. The van der Waals surface area contributed by atoms with Crippen molar-refractivity contribution in [1.82, 2.24) is 5.32 Å². The Labute approximate surface area is 162 Å². The lowest BCUT2D eigenvalue weighted by atomic mass is 10.1. The number of rotatable bonds is 7. The lowest BCUT2D eigenvalue weighted by Crippen LogP contribution is -2.22. The number of hydrogen-bond acceptors (Lipinski definition) is 5. The molecule has 6 nitrogen and oxygen atoms in total.